The average molecular weight is 349 g/mol. The zero-order valence-corrected chi connectivity index (χ0v) is 15.4. The Morgan fingerprint density at radius 3 is 2.21 bits per heavy atom. The summed E-state index contributed by atoms with van der Waals surface area (Å²) in [6.45, 7) is 5.81. The molecular weight excluding hydrogens is 326 g/mol. The molecule has 0 saturated carbocycles. The van der Waals surface area contributed by atoms with Crippen molar-refractivity contribution >= 4 is 10.0 Å². The summed E-state index contributed by atoms with van der Waals surface area (Å²) in [6, 6.07) is 10.2. The summed E-state index contributed by atoms with van der Waals surface area (Å²) in [5, 5.41) is 0. The Hall–Kier alpha value is -2.05. The van der Waals surface area contributed by atoms with Crippen molar-refractivity contribution in [1.29, 1.82) is 0 Å². The van der Waals surface area contributed by atoms with Crippen molar-refractivity contribution in [3.05, 3.63) is 53.1 Å². The minimum Gasteiger partial charge on any atom is -0.493 e. The monoisotopic (exact) mass is 349 g/mol. The Kier molecular flexibility index (Phi) is 5.51. The molecule has 0 radical (unpaired) electrons. The van der Waals surface area contributed by atoms with Crippen molar-refractivity contribution in [2.75, 3.05) is 14.2 Å². The van der Waals surface area contributed by atoms with Gasteiger partial charge in [-0.3, -0.25) is 0 Å². The molecule has 2 aromatic carbocycles. The fourth-order valence-corrected chi connectivity index (χ4v) is 3.90. The van der Waals surface area contributed by atoms with E-state index in [0.717, 1.165) is 16.7 Å². The Morgan fingerprint density at radius 1 is 0.958 bits per heavy atom. The molecule has 0 aromatic heterocycles. The number of sulfonamides is 1. The number of nitrogens with one attached hydrogen (secondary N) is 1. The van der Waals surface area contributed by atoms with E-state index in [-0.39, 0.29) is 10.9 Å². The summed E-state index contributed by atoms with van der Waals surface area (Å²) < 4.78 is 38.3. The van der Waals surface area contributed by atoms with E-state index < -0.39 is 10.0 Å². The zero-order valence-electron chi connectivity index (χ0n) is 14.6. The van der Waals surface area contributed by atoms with Gasteiger partial charge in [0.2, 0.25) is 10.0 Å². The summed E-state index contributed by atoms with van der Waals surface area (Å²) in [5.41, 5.74) is 3.15. The summed E-state index contributed by atoms with van der Waals surface area (Å²) in [4.78, 5) is 0.136. The minimum absolute atomic E-state index is 0.136. The SMILES string of the molecule is COc1ccc(S(=O)(=O)N[C@H](C)c2ccc(C)cc2C)cc1OC. The van der Waals surface area contributed by atoms with Crippen LogP contribution in [0.15, 0.2) is 41.3 Å². The molecule has 0 aliphatic carbocycles. The number of hydrogen-bond acceptors (Lipinski definition) is 4. The largest absolute Gasteiger partial charge is 0.493 e. The van der Waals surface area contributed by atoms with E-state index >= 15 is 0 Å². The van der Waals surface area contributed by atoms with Gasteiger partial charge in [-0.15, -0.1) is 0 Å². The van der Waals surface area contributed by atoms with Gasteiger partial charge < -0.3 is 9.47 Å². The van der Waals surface area contributed by atoms with Gasteiger partial charge in [0.05, 0.1) is 19.1 Å². The third-order valence-electron chi connectivity index (χ3n) is 3.89. The molecule has 0 heterocycles. The van der Waals surface area contributed by atoms with E-state index in [4.69, 9.17) is 9.47 Å². The Bertz CT molecular complexity index is 831. The fourth-order valence-electron chi connectivity index (χ4n) is 2.66. The number of benzene rings is 2. The minimum atomic E-state index is -3.68. The molecule has 2 aromatic rings. The molecule has 0 unspecified atom stereocenters. The maximum atomic E-state index is 12.7. The van der Waals surface area contributed by atoms with Gasteiger partial charge in [0, 0.05) is 12.1 Å². The Morgan fingerprint density at radius 2 is 1.62 bits per heavy atom. The number of methoxy groups -OCH3 is 2. The van der Waals surface area contributed by atoms with Crippen molar-refractivity contribution < 1.29 is 17.9 Å². The molecule has 0 fully saturated rings. The van der Waals surface area contributed by atoms with Gasteiger partial charge in [-0.25, -0.2) is 13.1 Å². The topological polar surface area (TPSA) is 64.6 Å². The van der Waals surface area contributed by atoms with Crippen LogP contribution in [-0.2, 0) is 10.0 Å². The van der Waals surface area contributed by atoms with Crippen molar-refractivity contribution in [3.63, 3.8) is 0 Å². The van der Waals surface area contributed by atoms with Crippen molar-refractivity contribution in [3.8, 4) is 11.5 Å². The smallest absolute Gasteiger partial charge is 0.241 e. The fraction of sp³-hybridized carbons (Fsp3) is 0.333. The van der Waals surface area contributed by atoms with Crippen LogP contribution in [0.1, 0.15) is 29.7 Å². The van der Waals surface area contributed by atoms with Crippen LogP contribution in [-0.4, -0.2) is 22.6 Å². The normalized spacial score (nSPS) is 12.7. The first-order valence-electron chi connectivity index (χ1n) is 7.60. The molecule has 0 aliphatic rings. The molecule has 2 rings (SSSR count). The van der Waals surface area contributed by atoms with Crippen molar-refractivity contribution in [2.24, 2.45) is 0 Å². The summed E-state index contributed by atoms with van der Waals surface area (Å²) in [7, 11) is -0.699. The Labute approximate surface area is 143 Å². The Balaban J connectivity index is 2.30. The maximum absolute atomic E-state index is 12.7. The van der Waals surface area contributed by atoms with Crippen molar-refractivity contribution in [2.45, 2.75) is 31.7 Å². The van der Waals surface area contributed by atoms with Gasteiger partial charge in [0.25, 0.3) is 0 Å². The standard InChI is InChI=1S/C18H23NO4S/c1-12-6-8-16(13(2)10-12)14(3)19-24(20,21)15-7-9-17(22-4)18(11-15)23-5/h6-11,14,19H,1-5H3/t14-/m1/s1. The first kappa shape index (κ1) is 18.3. The van der Waals surface area contributed by atoms with E-state index in [1.165, 1.54) is 26.4 Å². The molecule has 130 valence electrons. The quantitative estimate of drug-likeness (QED) is 0.868. The number of ether oxygens (including phenoxy) is 2. The second-order valence-electron chi connectivity index (χ2n) is 5.72. The molecule has 5 nitrogen and oxygen atoms in total. The summed E-state index contributed by atoms with van der Waals surface area (Å²) >= 11 is 0. The molecule has 0 aliphatic heterocycles. The second-order valence-corrected chi connectivity index (χ2v) is 7.43. The number of rotatable bonds is 6. The van der Waals surface area contributed by atoms with Crippen molar-refractivity contribution in [1.82, 2.24) is 4.72 Å². The van der Waals surface area contributed by atoms with E-state index in [9.17, 15) is 8.42 Å². The lowest BCUT2D eigenvalue weighted by Gasteiger charge is -2.18. The summed E-state index contributed by atoms with van der Waals surface area (Å²) in [5.74, 6) is 0.860. The zero-order chi connectivity index (χ0) is 17.9. The average Bonchev–Trinajstić information content (AvgIpc) is 2.53. The van der Waals surface area contributed by atoms with Crippen LogP contribution in [0.3, 0.4) is 0 Å². The predicted molar refractivity (Wildman–Crippen MR) is 94.2 cm³/mol. The lowest BCUT2D eigenvalue weighted by atomic mass is 10.0. The molecule has 1 N–H and O–H groups in total. The summed E-state index contributed by atoms with van der Waals surface area (Å²) in [6.07, 6.45) is 0. The van der Waals surface area contributed by atoms with E-state index in [1.54, 1.807) is 6.07 Å². The van der Waals surface area contributed by atoms with E-state index in [2.05, 4.69) is 4.72 Å². The number of aryl methyl sites for hydroxylation is 2. The highest BCUT2D eigenvalue weighted by atomic mass is 32.2. The third-order valence-corrected chi connectivity index (χ3v) is 5.43. The molecule has 24 heavy (non-hydrogen) atoms. The van der Waals surface area contributed by atoms with Gasteiger partial charge in [0.15, 0.2) is 11.5 Å². The van der Waals surface area contributed by atoms with Crippen LogP contribution < -0.4 is 14.2 Å². The third kappa shape index (κ3) is 3.88. The lowest BCUT2D eigenvalue weighted by Crippen LogP contribution is -2.27. The molecular formula is C18H23NO4S. The molecule has 0 spiro atoms. The first-order chi connectivity index (χ1) is 11.3. The predicted octanol–water partition coefficient (Wildman–Crippen LogP) is 3.36. The highest BCUT2D eigenvalue weighted by Crippen LogP contribution is 2.30. The van der Waals surface area contributed by atoms with E-state index in [1.807, 2.05) is 39.0 Å². The van der Waals surface area contributed by atoms with Gasteiger partial charge in [-0.05, 0) is 44.0 Å². The van der Waals surface area contributed by atoms with Gasteiger partial charge in [-0.1, -0.05) is 23.8 Å². The highest BCUT2D eigenvalue weighted by molar-refractivity contribution is 7.89. The molecule has 0 amide bonds. The van der Waals surface area contributed by atoms with Crippen LogP contribution in [0.4, 0.5) is 0 Å². The van der Waals surface area contributed by atoms with Gasteiger partial charge in [-0.2, -0.15) is 0 Å². The van der Waals surface area contributed by atoms with Gasteiger partial charge >= 0.3 is 0 Å². The number of hydrogen-bond donors (Lipinski definition) is 1. The van der Waals surface area contributed by atoms with Crippen LogP contribution in [0.25, 0.3) is 0 Å². The van der Waals surface area contributed by atoms with Gasteiger partial charge in [0.1, 0.15) is 0 Å². The first-order valence-corrected chi connectivity index (χ1v) is 9.08. The lowest BCUT2D eigenvalue weighted by molar-refractivity contribution is 0.354. The molecule has 0 bridgehead atoms. The molecule has 0 saturated heterocycles. The van der Waals surface area contributed by atoms with Crippen LogP contribution in [0.5, 0.6) is 11.5 Å². The highest BCUT2D eigenvalue weighted by Gasteiger charge is 2.21. The molecule has 6 heteroatoms. The van der Waals surface area contributed by atoms with Crippen LogP contribution in [0.2, 0.25) is 0 Å². The van der Waals surface area contributed by atoms with E-state index in [0.29, 0.717) is 11.5 Å². The van der Waals surface area contributed by atoms with Crippen LogP contribution >= 0.6 is 0 Å². The second kappa shape index (κ2) is 7.23. The van der Waals surface area contributed by atoms with Crippen LogP contribution in [0, 0.1) is 13.8 Å². The molecule has 1 atom stereocenters. The maximum Gasteiger partial charge on any atom is 0.241 e.